The van der Waals surface area contributed by atoms with Crippen LogP contribution in [0.3, 0.4) is 0 Å². The fourth-order valence-electron chi connectivity index (χ4n) is 3.77. The molecule has 1 aliphatic rings. The Morgan fingerprint density at radius 3 is 2.34 bits per heavy atom. The maximum Gasteiger partial charge on any atom is 0.323 e. The molecule has 0 aliphatic carbocycles. The van der Waals surface area contributed by atoms with Crippen LogP contribution in [0.4, 0.5) is 37.9 Å². The molecule has 0 unspecified atom stereocenters. The summed E-state index contributed by atoms with van der Waals surface area (Å²) in [7, 11) is 0. The zero-order chi connectivity index (χ0) is 24.8. The van der Waals surface area contributed by atoms with E-state index in [1.807, 2.05) is 25.1 Å². The zero-order valence-corrected chi connectivity index (χ0v) is 20.0. The van der Waals surface area contributed by atoms with Crippen molar-refractivity contribution in [3.05, 3.63) is 65.2 Å². The first kappa shape index (κ1) is 24.6. The summed E-state index contributed by atoms with van der Waals surface area (Å²) < 4.78 is 13.3. The lowest BCUT2D eigenvalue weighted by Crippen LogP contribution is -2.47. The average molecular weight is 500 g/mol. The van der Waals surface area contributed by atoms with Gasteiger partial charge in [-0.3, -0.25) is 4.90 Å². The fourth-order valence-corrected chi connectivity index (χ4v) is 3.95. The number of anilines is 5. The Labute approximate surface area is 207 Å². The van der Waals surface area contributed by atoms with Gasteiger partial charge in [-0.15, -0.1) is 0 Å². The molecule has 11 heteroatoms. The summed E-state index contributed by atoms with van der Waals surface area (Å²) in [4.78, 5) is 25.7. The Morgan fingerprint density at radius 1 is 1.00 bits per heavy atom. The number of nitrogens with zero attached hydrogens (tertiary/aromatic N) is 4. The van der Waals surface area contributed by atoms with Crippen molar-refractivity contribution in [1.29, 1.82) is 0 Å². The third-order valence-corrected chi connectivity index (χ3v) is 5.82. The molecular formula is C24H27ClFN7O2. The van der Waals surface area contributed by atoms with Gasteiger partial charge in [0.15, 0.2) is 0 Å². The van der Waals surface area contributed by atoms with Crippen LogP contribution in [0.25, 0.3) is 0 Å². The van der Waals surface area contributed by atoms with Gasteiger partial charge in [0.1, 0.15) is 23.3 Å². The van der Waals surface area contributed by atoms with Gasteiger partial charge in [-0.25, -0.2) is 19.2 Å². The number of aliphatic hydroxyl groups excluding tert-OH is 1. The van der Waals surface area contributed by atoms with Crippen molar-refractivity contribution in [2.75, 3.05) is 60.2 Å². The summed E-state index contributed by atoms with van der Waals surface area (Å²) in [5, 5.41) is 17.7. The lowest BCUT2D eigenvalue weighted by Gasteiger charge is -2.35. The van der Waals surface area contributed by atoms with Gasteiger partial charge >= 0.3 is 6.03 Å². The highest BCUT2D eigenvalue weighted by atomic mass is 35.5. The summed E-state index contributed by atoms with van der Waals surface area (Å²) in [6.45, 7) is 6.14. The molecule has 2 aromatic carbocycles. The second kappa shape index (κ2) is 11.3. The first-order valence-electron chi connectivity index (χ1n) is 11.2. The number of halogens is 2. The molecule has 0 bridgehead atoms. The predicted octanol–water partition coefficient (Wildman–Crippen LogP) is 4.08. The van der Waals surface area contributed by atoms with Crippen molar-refractivity contribution >= 4 is 46.3 Å². The molecule has 4 rings (SSSR count). The second-order valence-corrected chi connectivity index (χ2v) is 8.53. The van der Waals surface area contributed by atoms with Crippen molar-refractivity contribution in [3.8, 4) is 0 Å². The van der Waals surface area contributed by atoms with Crippen molar-refractivity contribution in [1.82, 2.24) is 14.9 Å². The minimum atomic E-state index is -0.549. The van der Waals surface area contributed by atoms with Crippen LogP contribution in [0, 0.1) is 12.7 Å². The first-order valence-corrected chi connectivity index (χ1v) is 11.6. The molecule has 9 nitrogen and oxygen atoms in total. The van der Waals surface area contributed by atoms with E-state index in [9.17, 15) is 9.18 Å². The van der Waals surface area contributed by atoms with Crippen molar-refractivity contribution in [2.45, 2.75) is 6.92 Å². The van der Waals surface area contributed by atoms with E-state index in [-0.39, 0.29) is 11.6 Å². The Bertz CT molecular complexity index is 1170. The Balaban J connectivity index is 1.35. The number of aromatic nitrogens is 2. The van der Waals surface area contributed by atoms with Crippen molar-refractivity contribution in [2.24, 2.45) is 0 Å². The van der Waals surface area contributed by atoms with E-state index in [2.05, 4.69) is 35.7 Å². The number of benzene rings is 2. The van der Waals surface area contributed by atoms with Crippen LogP contribution < -0.4 is 20.9 Å². The third kappa shape index (κ3) is 6.78. The van der Waals surface area contributed by atoms with Crippen molar-refractivity contribution < 1.29 is 14.3 Å². The molecule has 0 atom stereocenters. The first-order chi connectivity index (χ1) is 16.9. The Morgan fingerprint density at radius 2 is 1.66 bits per heavy atom. The van der Waals surface area contributed by atoms with E-state index in [1.54, 1.807) is 12.1 Å². The quantitative estimate of drug-likeness (QED) is 0.388. The number of aliphatic hydroxyl groups is 1. The Kier molecular flexibility index (Phi) is 7.96. The van der Waals surface area contributed by atoms with E-state index >= 15 is 0 Å². The summed E-state index contributed by atoms with van der Waals surface area (Å²) in [6.07, 6.45) is 0. The molecule has 184 valence electrons. The van der Waals surface area contributed by atoms with Crippen molar-refractivity contribution in [3.63, 3.8) is 0 Å². The smallest absolute Gasteiger partial charge is 0.323 e. The summed E-state index contributed by atoms with van der Waals surface area (Å²) in [5.74, 6) is 1.66. The van der Waals surface area contributed by atoms with Gasteiger partial charge in [-0.1, -0.05) is 11.6 Å². The molecule has 35 heavy (non-hydrogen) atoms. The van der Waals surface area contributed by atoms with E-state index in [0.717, 1.165) is 37.7 Å². The van der Waals surface area contributed by atoms with Gasteiger partial charge in [-0.2, -0.15) is 0 Å². The zero-order valence-electron chi connectivity index (χ0n) is 19.3. The highest BCUT2D eigenvalue weighted by molar-refractivity contribution is 6.31. The number of piperazine rings is 1. The van der Waals surface area contributed by atoms with Gasteiger partial charge < -0.3 is 26.0 Å². The number of carbonyl (C=O) groups is 1. The number of aryl methyl sites for hydroxylation is 1. The van der Waals surface area contributed by atoms with Gasteiger partial charge in [0.25, 0.3) is 0 Å². The van der Waals surface area contributed by atoms with Crippen LogP contribution in [0.5, 0.6) is 0 Å². The molecule has 2 amide bonds. The van der Waals surface area contributed by atoms with Crippen LogP contribution in [0.2, 0.25) is 5.02 Å². The number of amides is 2. The largest absolute Gasteiger partial charge is 0.395 e. The number of rotatable bonds is 7. The molecule has 4 N–H and O–H groups in total. The van der Waals surface area contributed by atoms with Crippen LogP contribution >= 0.6 is 11.6 Å². The molecular weight excluding hydrogens is 473 g/mol. The maximum atomic E-state index is 13.3. The minimum absolute atomic E-state index is 0.0645. The van der Waals surface area contributed by atoms with Gasteiger partial charge in [0, 0.05) is 55.9 Å². The molecule has 0 saturated carbocycles. The lowest BCUT2D eigenvalue weighted by atomic mass is 10.2. The molecule has 1 aromatic heterocycles. The molecule has 0 spiro atoms. The standard InChI is InChI=1S/C24H27ClFN7O2/c1-16-27-22(15-23(28-16)33-10-8-32(9-11-33)12-13-34)29-17-2-4-18(5-3-17)30-24(35)31-19-6-7-21(26)20(25)14-19/h2-7,14-15,34H,8-13H2,1H3,(H,27,28,29)(H2,30,31,35). The van der Waals surface area contributed by atoms with Crippen LogP contribution in [-0.4, -0.2) is 65.3 Å². The van der Waals surface area contributed by atoms with E-state index in [1.165, 1.54) is 18.2 Å². The fraction of sp³-hybridized carbons (Fsp3) is 0.292. The number of nitrogens with one attached hydrogen (secondary N) is 3. The van der Waals surface area contributed by atoms with Gasteiger partial charge in [-0.05, 0) is 49.4 Å². The summed E-state index contributed by atoms with van der Waals surface area (Å²) >= 11 is 5.75. The molecule has 2 heterocycles. The van der Waals surface area contributed by atoms with E-state index < -0.39 is 11.8 Å². The normalized spacial score (nSPS) is 14.0. The molecule has 0 radical (unpaired) electrons. The molecule has 1 fully saturated rings. The average Bonchev–Trinajstić information content (AvgIpc) is 2.83. The highest BCUT2D eigenvalue weighted by Gasteiger charge is 2.18. The third-order valence-electron chi connectivity index (χ3n) is 5.53. The van der Waals surface area contributed by atoms with Crippen LogP contribution in [0.1, 0.15) is 5.82 Å². The number of hydrogen-bond acceptors (Lipinski definition) is 7. The number of carbonyl (C=O) groups excluding carboxylic acids is 1. The topological polar surface area (TPSA) is 106 Å². The van der Waals surface area contributed by atoms with Gasteiger partial charge in [0.2, 0.25) is 0 Å². The minimum Gasteiger partial charge on any atom is -0.395 e. The highest BCUT2D eigenvalue weighted by Crippen LogP contribution is 2.23. The summed E-state index contributed by atoms with van der Waals surface area (Å²) in [6, 6.07) is 12.6. The Hall–Kier alpha value is -3.47. The predicted molar refractivity (Wildman–Crippen MR) is 136 cm³/mol. The second-order valence-electron chi connectivity index (χ2n) is 8.12. The maximum absolute atomic E-state index is 13.3. The van der Waals surface area contributed by atoms with E-state index in [0.29, 0.717) is 29.6 Å². The SMILES string of the molecule is Cc1nc(Nc2ccc(NC(=O)Nc3ccc(F)c(Cl)c3)cc2)cc(N2CCN(CCO)CC2)n1. The van der Waals surface area contributed by atoms with Crippen LogP contribution in [0.15, 0.2) is 48.5 Å². The van der Waals surface area contributed by atoms with Crippen LogP contribution in [-0.2, 0) is 0 Å². The lowest BCUT2D eigenvalue weighted by molar-refractivity contribution is 0.188. The number of hydrogen-bond donors (Lipinski definition) is 4. The van der Waals surface area contributed by atoms with Gasteiger partial charge in [0.05, 0.1) is 11.6 Å². The molecule has 3 aromatic rings. The summed E-state index contributed by atoms with van der Waals surface area (Å²) in [5.41, 5.74) is 1.77. The monoisotopic (exact) mass is 499 g/mol. The molecule has 1 aliphatic heterocycles. The van der Waals surface area contributed by atoms with E-state index in [4.69, 9.17) is 16.7 Å². The number of β-amino-alcohol motifs (C(OH)–C–C–N with tert-alkyl or cyclic N) is 1. The number of urea groups is 1. The molecule has 1 saturated heterocycles.